The van der Waals surface area contributed by atoms with Gasteiger partial charge < -0.3 is 19.3 Å². The van der Waals surface area contributed by atoms with E-state index in [-0.39, 0.29) is 31.6 Å². The first kappa shape index (κ1) is 34.0. The van der Waals surface area contributed by atoms with Crippen molar-refractivity contribution in [1.82, 2.24) is 10.9 Å². The van der Waals surface area contributed by atoms with Crippen LogP contribution in [0.5, 0.6) is 5.75 Å². The molecule has 0 unspecified atom stereocenters. The van der Waals surface area contributed by atoms with Crippen LogP contribution in [-0.2, 0) is 27.2 Å². The number of rotatable bonds is 17. The van der Waals surface area contributed by atoms with Gasteiger partial charge in [-0.1, -0.05) is 63.5 Å². The van der Waals surface area contributed by atoms with Gasteiger partial charge in [0.15, 0.2) is 11.6 Å². The van der Waals surface area contributed by atoms with E-state index >= 15 is 0 Å². The van der Waals surface area contributed by atoms with E-state index in [1.807, 2.05) is 86.6 Å². The lowest BCUT2D eigenvalue weighted by atomic mass is 9.81. The molecule has 11 nitrogen and oxygen atoms in total. The summed E-state index contributed by atoms with van der Waals surface area (Å²) >= 11 is 3.67. The molecule has 0 bridgehead atoms. The second kappa shape index (κ2) is 17.0. The molecule has 3 aromatic carbocycles. The summed E-state index contributed by atoms with van der Waals surface area (Å²) in [5.41, 5.74) is 16.5. The van der Waals surface area contributed by atoms with E-state index in [9.17, 15) is 4.79 Å². The summed E-state index contributed by atoms with van der Waals surface area (Å²) < 4.78 is 18.7. The average Bonchev–Trinajstić information content (AvgIpc) is 3.42. The van der Waals surface area contributed by atoms with Crippen molar-refractivity contribution >= 4 is 27.7 Å². The third kappa shape index (κ3) is 9.06. The fourth-order valence-corrected chi connectivity index (χ4v) is 5.45. The minimum absolute atomic E-state index is 0.0515. The molecule has 2 atom stereocenters. The third-order valence-electron chi connectivity index (χ3n) is 7.20. The Kier molecular flexibility index (Phi) is 12.8. The van der Waals surface area contributed by atoms with E-state index in [1.54, 1.807) is 0 Å². The Morgan fingerprint density at radius 1 is 1.09 bits per heavy atom. The monoisotopic (exact) mass is 678 g/mol. The van der Waals surface area contributed by atoms with Gasteiger partial charge in [-0.2, -0.15) is 0 Å². The number of aliphatic hydroxyl groups excluding tert-OH is 1. The number of nitrogens with zero attached hydrogens (tertiary/aromatic N) is 4. The largest absolute Gasteiger partial charge is 0.494 e. The molecule has 0 saturated heterocycles. The molecule has 0 aromatic heterocycles. The zero-order chi connectivity index (χ0) is 32.1. The number of azide groups is 1. The van der Waals surface area contributed by atoms with Gasteiger partial charge in [-0.05, 0) is 67.3 Å². The van der Waals surface area contributed by atoms with Crippen molar-refractivity contribution in [3.63, 3.8) is 0 Å². The molecule has 0 spiro atoms. The molecule has 4 rings (SSSR count). The molecular formula is C33H39BrN6O5. The van der Waals surface area contributed by atoms with Crippen molar-refractivity contribution in [2.45, 2.75) is 57.4 Å². The maximum Gasteiger partial charge on any atom is 0.266 e. The Labute approximate surface area is 271 Å². The second-order valence-electron chi connectivity index (χ2n) is 10.8. The Balaban J connectivity index is 1.74. The molecule has 0 radical (unpaired) electrons. The van der Waals surface area contributed by atoms with Crippen LogP contribution in [0.4, 0.5) is 0 Å². The lowest BCUT2D eigenvalue weighted by Crippen LogP contribution is -2.54. The van der Waals surface area contributed by atoms with Gasteiger partial charge in [0.2, 0.25) is 5.90 Å². The van der Waals surface area contributed by atoms with Crippen LogP contribution in [-0.4, -0.2) is 54.9 Å². The highest BCUT2D eigenvalue weighted by atomic mass is 79.9. The number of hydrogen-bond acceptors (Lipinski definition) is 8. The predicted molar refractivity (Wildman–Crippen MR) is 176 cm³/mol. The summed E-state index contributed by atoms with van der Waals surface area (Å²) in [6.45, 7) is 5.60. The van der Waals surface area contributed by atoms with Crippen LogP contribution < -0.4 is 15.6 Å². The van der Waals surface area contributed by atoms with Crippen LogP contribution in [0.3, 0.4) is 0 Å². The Bertz CT molecular complexity index is 1490. The minimum Gasteiger partial charge on any atom is -0.494 e. The summed E-state index contributed by atoms with van der Waals surface area (Å²) in [7, 11) is 0. The van der Waals surface area contributed by atoms with Crippen LogP contribution in [0.1, 0.15) is 55.0 Å². The first-order valence-corrected chi connectivity index (χ1v) is 15.7. The van der Waals surface area contributed by atoms with E-state index in [1.165, 1.54) is 0 Å². The Morgan fingerprint density at radius 2 is 1.82 bits per heavy atom. The number of hydrogen-bond donors (Lipinski definition) is 3. The molecule has 1 heterocycles. The van der Waals surface area contributed by atoms with Gasteiger partial charge in [0.05, 0.1) is 19.3 Å². The fourth-order valence-electron chi connectivity index (χ4n) is 4.96. The summed E-state index contributed by atoms with van der Waals surface area (Å²) in [6, 6.07) is 22.4. The molecular weight excluding hydrogens is 640 g/mol. The van der Waals surface area contributed by atoms with Crippen molar-refractivity contribution < 1.29 is 24.1 Å². The number of nitrogens with one attached hydrogen (secondary N) is 2. The maximum atomic E-state index is 14.4. The fraction of sp³-hybridized carbons (Fsp3) is 0.394. The number of aliphatic imine (C=N–C) groups is 1. The summed E-state index contributed by atoms with van der Waals surface area (Å²) in [5.74, 6) is 0.589. The highest BCUT2D eigenvalue weighted by Crippen LogP contribution is 2.45. The summed E-state index contributed by atoms with van der Waals surface area (Å²) in [5, 5.41) is 12.8. The second-order valence-corrected chi connectivity index (χ2v) is 11.7. The molecule has 0 saturated carbocycles. The van der Waals surface area contributed by atoms with Crippen LogP contribution >= 0.6 is 15.9 Å². The number of carbonyl (C=O) groups is 1. The predicted octanol–water partition coefficient (Wildman–Crippen LogP) is 5.96. The molecule has 0 aliphatic carbocycles. The third-order valence-corrected chi connectivity index (χ3v) is 7.92. The van der Waals surface area contributed by atoms with Gasteiger partial charge in [-0.25, -0.2) is 10.4 Å². The molecule has 12 heteroatoms. The van der Waals surface area contributed by atoms with Gasteiger partial charge in [0.1, 0.15) is 5.75 Å². The van der Waals surface area contributed by atoms with Gasteiger partial charge in [0, 0.05) is 53.1 Å². The molecule has 3 aromatic rings. The maximum absolute atomic E-state index is 14.4. The van der Waals surface area contributed by atoms with Gasteiger partial charge in [0.25, 0.3) is 5.91 Å². The summed E-state index contributed by atoms with van der Waals surface area (Å²) in [6.07, 6.45) is 0.728. The number of benzene rings is 3. The van der Waals surface area contributed by atoms with Crippen LogP contribution in [0, 0.1) is 0 Å². The van der Waals surface area contributed by atoms with E-state index in [4.69, 9.17) is 29.8 Å². The van der Waals surface area contributed by atoms with Crippen LogP contribution in [0.2, 0.25) is 0 Å². The molecule has 1 aliphatic heterocycles. The minimum atomic E-state index is -1.44. The lowest BCUT2D eigenvalue weighted by molar-refractivity contribution is -0.130. The number of hydrazine groups is 1. The zero-order valence-electron chi connectivity index (χ0n) is 25.5. The molecule has 238 valence electrons. The molecule has 1 amide bonds. The smallest absolute Gasteiger partial charge is 0.266 e. The highest BCUT2D eigenvalue weighted by molar-refractivity contribution is 9.10. The summed E-state index contributed by atoms with van der Waals surface area (Å²) in [4.78, 5) is 22.4. The number of amides is 1. The Hall–Kier alpha value is -3.93. The van der Waals surface area contributed by atoms with Crippen molar-refractivity contribution in [3.8, 4) is 5.75 Å². The van der Waals surface area contributed by atoms with Crippen LogP contribution in [0.15, 0.2) is 87.4 Å². The number of carbonyl (C=O) groups excluding carboxylic acids is 1. The van der Waals surface area contributed by atoms with Crippen molar-refractivity contribution in [1.29, 1.82) is 0 Å². The SMILES string of the molecule is CC(C)OCCCNNC(=O)[C@@]1(Cc2ccccc2CN=[N+]=[N-])N=C(c2ccc(OCCCO)cc2)O[C@H]1c1ccccc1Br. The average molecular weight is 680 g/mol. The van der Waals surface area contributed by atoms with Gasteiger partial charge in [-0.3, -0.25) is 10.2 Å². The van der Waals surface area contributed by atoms with E-state index in [2.05, 4.69) is 36.8 Å². The quantitative estimate of drug-likeness (QED) is 0.0527. The zero-order valence-corrected chi connectivity index (χ0v) is 27.1. The molecule has 1 aliphatic rings. The standard InChI is InChI=1S/C33H39BrN6O5/c1-23(2)43-19-7-17-36-39-32(42)33(21-25-9-3-4-10-26(25)22-37-40-35)30(28-11-5-6-12-29(28)34)45-31(38-33)24-13-15-27(16-14-24)44-20-8-18-41/h3-6,9-16,23,30,36,41H,7-8,17-22H2,1-2H3,(H,39,42)/t30-,33-/m0/s1. The highest BCUT2D eigenvalue weighted by Gasteiger charge is 2.54. The van der Waals surface area contributed by atoms with Crippen LogP contribution in [0.25, 0.3) is 10.4 Å². The molecule has 45 heavy (non-hydrogen) atoms. The van der Waals surface area contributed by atoms with E-state index in [0.29, 0.717) is 49.8 Å². The van der Waals surface area contributed by atoms with Gasteiger partial charge in [-0.15, -0.1) is 0 Å². The van der Waals surface area contributed by atoms with Gasteiger partial charge >= 0.3 is 0 Å². The normalized spacial score (nSPS) is 17.4. The lowest BCUT2D eigenvalue weighted by Gasteiger charge is -2.32. The van der Waals surface area contributed by atoms with Crippen molar-refractivity contribution in [2.24, 2.45) is 10.1 Å². The van der Waals surface area contributed by atoms with E-state index in [0.717, 1.165) is 21.2 Å². The first-order chi connectivity index (χ1) is 21.9. The van der Waals surface area contributed by atoms with Crippen molar-refractivity contribution in [3.05, 3.63) is 110 Å². The topological polar surface area (TPSA) is 150 Å². The number of ether oxygens (including phenoxy) is 3. The first-order valence-electron chi connectivity index (χ1n) is 15.0. The van der Waals surface area contributed by atoms with Crippen molar-refractivity contribution in [2.75, 3.05) is 26.4 Å². The number of aliphatic hydroxyl groups is 1. The van der Waals surface area contributed by atoms with E-state index < -0.39 is 11.6 Å². The molecule has 3 N–H and O–H groups in total. The number of halogens is 1. The Morgan fingerprint density at radius 3 is 2.53 bits per heavy atom. The molecule has 0 fully saturated rings.